The number of likely N-dealkylation sites (tertiary alicyclic amines) is 1. The number of nitrogens with zero attached hydrogens (tertiary/aromatic N) is 2. The van der Waals surface area contributed by atoms with E-state index in [1.807, 2.05) is 12.4 Å². The molecule has 0 bridgehead atoms. The zero-order valence-corrected chi connectivity index (χ0v) is 6.58. The normalized spacial score (nSPS) is 19.3. The van der Waals surface area contributed by atoms with E-state index < -0.39 is 0 Å². The van der Waals surface area contributed by atoms with Gasteiger partial charge in [-0.25, -0.2) is 4.98 Å². The van der Waals surface area contributed by atoms with Gasteiger partial charge in [-0.05, 0) is 25.9 Å². The van der Waals surface area contributed by atoms with Crippen molar-refractivity contribution in [2.45, 2.75) is 19.4 Å². The number of hydrogen-bond donors (Lipinski definition) is 1. The molecule has 1 aromatic heterocycles. The predicted octanol–water partition coefficient (Wildman–Crippen LogP) is 1.01. The van der Waals surface area contributed by atoms with Crippen LogP contribution in [0.25, 0.3) is 0 Å². The van der Waals surface area contributed by atoms with Gasteiger partial charge in [-0.3, -0.25) is 4.90 Å². The molecule has 0 aromatic carbocycles. The quantitative estimate of drug-likeness (QED) is 0.684. The number of imidazole rings is 1. The van der Waals surface area contributed by atoms with Gasteiger partial charge in [0.1, 0.15) is 5.82 Å². The van der Waals surface area contributed by atoms with Crippen LogP contribution in [0.3, 0.4) is 0 Å². The highest BCUT2D eigenvalue weighted by Crippen LogP contribution is 2.09. The van der Waals surface area contributed by atoms with Gasteiger partial charge in [-0.2, -0.15) is 0 Å². The van der Waals surface area contributed by atoms with Crippen molar-refractivity contribution >= 4 is 0 Å². The second kappa shape index (κ2) is 3.05. The topological polar surface area (TPSA) is 31.9 Å². The summed E-state index contributed by atoms with van der Waals surface area (Å²) in [4.78, 5) is 9.72. The van der Waals surface area contributed by atoms with Gasteiger partial charge in [0.25, 0.3) is 0 Å². The molecule has 1 aliphatic heterocycles. The number of H-pyrrole nitrogens is 1. The van der Waals surface area contributed by atoms with Crippen LogP contribution in [0.2, 0.25) is 0 Å². The summed E-state index contributed by atoms with van der Waals surface area (Å²) >= 11 is 0. The molecular weight excluding hydrogens is 138 g/mol. The Morgan fingerprint density at radius 1 is 1.45 bits per heavy atom. The molecule has 1 saturated heterocycles. The van der Waals surface area contributed by atoms with Gasteiger partial charge in [-0.1, -0.05) is 0 Å². The van der Waals surface area contributed by atoms with Crippen LogP contribution in [0.15, 0.2) is 12.4 Å². The molecule has 1 fully saturated rings. The predicted molar refractivity (Wildman–Crippen MR) is 43.1 cm³/mol. The minimum absolute atomic E-state index is 0.993. The van der Waals surface area contributed by atoms with E-state index in [2.05, 4.69) is 14.9 Å². The van der Waals surface area contributed by atoms with Crippen LogP contribution in [0, 0.1) is 0 Å². The molecule has 2 rings (SSSR count). The summed E-state index contributed by atoms with van der Waals surface area (Å²) in [6.07, 6.45) is 6.39. The Labute approximate surface area is 66.4 Å². The molecule has 0 atom stereocenters. The van der Waals surface area contributed by atoms with E-state index in [4.69, 9.17) is 0 Å². The van der Waals surface area contributed by atoms with Gasteiger partial charge in [0.05, 0.1) is 6.54 Å². The molecule has 0 aliphatic carbocycles. The molecule has 0 amide bonds. The van der Waals surface area contributed by atoms with Crippen LogP contribution >= 0.6 is 0 Å². The van der Waals surface area contributed by atoms with Gasteiger partial charge in [-0.15, -0.1) is 0 Å². The van der Waals surface area contributed by atoms with Crippen molar-refractivity contribution in [2.24, 2.45) is 0 Å². The summed E-state index contributed by atoms with van der Waals surface area (Å²) in [6, 6.07) is 0. The fourth-order valence-corrected chi connectivity index (χ4v) is 1.54. The zero-order valence-electron chi connectivity index (χ0n) is 6.58. The van der Waals surface area contributed by atoms with E-state index in [0.29, 0.717) is 0 Å². The molecule has 1 aliphatic rings. The van der Waals surface area contributed by atoms with E-state index in [0.717, 1.165) is 12.4 Å². The van der Waals surface area contributed by atoms with Crippen molar-refractivity contribution in [3.8, 4) is 0 Å². The van der Waals surface area contributed by atoms with Crippen molar-refractivity contribution in [3.63, 3.8) is 0 Å². The Balaban J connectivity index is 1.90. The zero-order chi connectivity index (χ0) is 7.52. The summed E-state index contributed by atoms with van der Waals surface area (Å²) < 4.78 is 0. The molecule has 60 valence electrons. The summed E-state index contributed by atoms with van der Waals surface area (Å²) in [5, 5.41) is 0. The first-order valence-corrected chi connectivity index (χ1v) is 4.16. The average Bonchev–Trinajstić information content (AvgIpc) is 2.60. The standard InChI is InChI=1S/C8H13N3/c1-2-6-11(5-1)7-8-9-3-4-10-8/h3-4H,1-2,5-7H2,(H,9,10). The largest absolute Gasteiger partial charge is 0.348 e. The average molecular weight is 151 g/mol. The lowest BCUT2D eigenvalue weighted by Gasteiger charge is -2.11. The van der Waals surface area contributed by atoms with E-state index in [9.17, 15) is 0 Å². The number of rotatable bonds is 2. The van der Waals surface area contributed by atoms with E-state index in [1.54, 1.807) is 0 Å². The molecule has 1 aromatic rings. The highest BCUT2D eigenvalue weighted by Gasteiger charge is 2.11. The third-order valence-electron chi connectivity index (χ3n) is 2.13. The maximum atomic E-state index is 4.18. The second-order valence-electron chi connectivity index (χ2n) is 3.02. The number of nitrogens with one attached hydrogen (secondary N) is 1. The number of aromatic nitrogens is 2. The molecule has 11 heavy (non-hydrogen) atoms. The first-order valence-electron chi connectivity index (χ1n) is 4.16. The maximum Gasteiger partial charge on any atom is 0.120 e. The fourth-order valence-electron chi connectivity index (χ4n) is 1.54. The van der Waals surface area contributed by atoms with Crippen LogP contribution in [-0.4, -0.2) is 28.0 Å². The lowest BCUT2D eigenvalue weighted by Crippen LogP contribution is -2.18. The van der Waals surface area contributed by atoms with Crippen LogP contribution in [0.5, 0.6) is 0 Å². The molecule has 0 radical (unpaired) electrons. The highest BCUT2D eigenvalue weighted by atomic mass is 15.2. The molecule has 2 heterocycles. The SMILES string of the molecule is c1c[nH]c(CN2CCCC2)n1. The van der Waals surface area contributed by atoms with Crippen molar-refractivity contribution in [3.05, 3.63) is 18.2 Å². The summed E-state index contributed by atoms with van der Waals surface area (Å²) in [5.41, 5.74) is 0. The lowest BCUT2D eigenvalue weighted by molar-refractivity contribution is 0.323. The molecule has 1 N–H and O–H groups in total. The van der Waals surface area contributed by atoms with Crippen LogP contribution in [-0.2, 0) is 6.54 Å². The Morgan fingerprint density at radius 3 is 2.91 bits per heavy atom. The van der Waals surface area contributed by atoms with Crippen molar-refractivity contribution in [2.75, 3.05) is 13.1 Å². The first kappa shape index (κ1) is 6.85. The van der Waals surface area contributed by atoms with Crippen LogP contribution in [0.1, 0.15) is 18.7 Å². The van der Waals surface area contributed by atoms with Crippen molar-refractivity contribution in [1.82, 2.24) is 14.9 Å². The highest BCUT2D eigenvalue weighted by molar-refractivity contribution is 4.87. The molecular formula is C8H13N3. The minimum Gasteiger partial charge on any atom is -0.348 e. The van der Waals surface area contributed by atoms with E-state index in [1.165, 1.54) is 25.9 Å². The van der Waals surface area contributed by atoms with Crippen LogP contribution < -0.4 is 0 Å². The van der Waals surface area contributed by atoms with Crippen molar-refractivity contribution < 1.29 is 0 Å². The molecule has 3 nitrogen and oxygen atoms in total. The van der Waals surface area contributed by atoms with Gasteiger partial charge < -0.3 is 4.98 Å². The Morgan fingerprint density at radius 2 is 2.27 bits per heavy atom. The molecule has 3 heteroatoms. The van der Waals surface area contributed by atoms with Gasteiger partial charge in [0.2, 0.25) is 0 Å². The van der Waals surface area contributed by atoms with E-state index >= 15 is 0 Å². The fraction of sp³-hybridized carbons (Fsp3) is 0.625. The third-order valence-corrected chi connectivity index (χ3v) is 2.13. The monoisotopic (exact) mass is 151 g/mol. The smallest absolute Gasteiger partial charge is 0.120 e. The summed E-state index contributed by atoms with van der Waals surface area (Å²) in [7, 11) is 0. The molecule has 0 unspecified atom stereocenters. The molecule has 0 spiro atoms. The third kappa shape index (κ3) is 1.60. The maximum absolute atomic E-state index is 4.18. The van der Waals surface area contributed by atoms with Gasteiger partial charge in [0, 0.05) is 12.4 Å². The van der Waals surface area contributed by atoms with E-state index in [-0.39, 0.29) is 0 Å². The number of hydrogen-bond acceptors (Lipinski definition) is 2. The molecule has 0 saturated carbocycles. The minimum atomic E-state index is 0.993. The number of aromatic amines is 1. The summed E-state index contributed by atoms with van der Waals surface area (Å²) in [6.45, 7) is 3.47. The second-order valence-corrected chi connectivity index (χ2v) is 3.02. The lowest BCUT2D eigenvalue weighted by atomic mass is 10.4. The van der Waals surface area contributed by atoms with Gasteiger partial charge >= 0.3 is 0 Å². The Hall–Kier alpha value is -0.830. The van der Waals surface area contributed by atoms with Gasteiger partial charge in [0.15, 0.2) is 0 Å². The summed E-state index contributed by atoms with van der Waals surface area (Å²) in [5.74, 6) is 1.09. The van der Waals surface area contributed by atoms with Crippen molar-refractivity contribution in [1.29, 1.82) is 0 Å². The van der Waals surface area contributed by atoms with Crippen LogP contribution in [0.4, 0.5) is 0 Å². The Bertz CT molecular complexity index is 199. The first-order chi connectivity index (χ1) is 5.45. The Kier molecular flexibility index (Phi) is 1.90.